The van der Waals surface area contributed by atoms with Crippen LogP contribution in [0.5, 0.6) is 0 Å². The number of aliphatic hydroxyl groups excluding tert-OH is 4. The van der Waals surface area contributed by atoms with E-state index in [0.29, 0.717) is 0 Å². The number of rotatable bonds is 5. The molecule has 0 heterocycles. The number of aliphatic hydroxyl groups is 4. The predicted molar refractivity (Wildman–Crippen MR) is 39.1 cm³/mol. The number of carbonyl (C=O) groups excluding carboxylic acids is 1. The van der Waals surface area contributed by atoms with Crippen LogP contribution in [0.25, 0.3) is 0 Å². The second-order valence-corrected chi connectivity index (χ2v) is 2.44. The number of nitrogens with two attached hydrogens (primary N) is 1. The Morgan fingerprint density at radius 3 is 2.08 bits per heavy atom. The van der Waals surface area contributed by atoms with Crippen molar-refractivity contribution in [3.63, 3.8) is 0 Å². The first-order valence-electron chi connectivity index (χ1n) is 3.40. The van der Waals surface area contributed by atoms with Gasteiger partial charge < -0.3 is 31.0 Å². The molecule has 6 heteroatoms. The summed E-state index contributed by atoms with van der Waals surface area (Å²) in [4.78, 5) is 10.0. The average Bonchev–Trinajstić information content (AvgIpc) is 2.12. The molecule has 0 amide bonds. The molecule has 4 atom stereocenters. The van der Waals surface area contributed by atoms with Crippen LogP contribution in [0.1, 0.15) is 0 Å². The molecule has 0 radical (unpaired) electrons. The zero-order valence-electron chi connectivity index (χ0n) is 6.37. The van der Waals surface area contributed by atoms with E-state index < -0.39 is 31.0 Å². The Morgan fingerprint density at radius 1 is 1.25 bits per heavy atom. The van der Waals surface area contributed by atoms with Crippen LogP contribution in [0.3, 0.4) is 0 Å². The third-order valence-corrected chi connectivity index (χ3v) is 1.48. The molecule has 72 valence electrons. The number of hydrogen-bond donors (Lipinski definition) is 5. The van der Waals surface area contributed by atoms with Crippen LogP contribution in [0.2, 0.25) is 0 Å². The molecule has 6 nitrogen and oxygen atoms in total. The monoisotopic (exact) mass is 179 g/mol. The third kappa shape index (κ3) is 2.84. The van der Waals surface area contributed by atoms with E-state index in [-0.39, 0.29) is 6.29 Å². The highest BCUT2D eigenvalue weighted by Gasteiger charge is 2.28. The van der Waals surface area contributed by atoms with Gasteiger partial charge in [0.1, 0.15) is 24.6 Å². The predicted octanol–water partition coefficient (Wildman–Crippen LogP) is -3.41. The summed E-state index contributed by atoms with van der Waals surface area (Å²) >= 11 is 0. The van der Waals surface area contributed by atoms with Crippen LogP contribution >= 0.6 is 0 Å². The summed E-state index contributed by atoms with van der Waals surface area (Å²) in [7, 11) is 0. The smallest absolute Gasteiger partial charge is 0.139 e. The van der Waals surface area contributed by atoms with Gasteiger partial charge in [-0.25, -0.2) is 0 Å². The van der Waals surface area contributed by atoms with Crippen molar-refractivity contribution in [1.29, 1.82) is 0 Å². The number of carbonyl (C=O) groups is 1. The zero-order valence-corrected chi connectivity index (χ0v) is 6.37. The highest BCUT2D eigenvalue weighted by molar-refractivity contribution is 5.58. The van der Waals surface area contributed by atoms with E-state index in [1.807, 2.05) is 0 Å². The summed E-state index contributed by atoms with van der Waals surface area (Å²) < 4.78 is 0. The molecule has 0 saturated carbocycles. The first kappa shape index (κ1) is 11.5. The third-order valence-electron chi connectivity index (χ3n) is 1.48. The van der Waals surface area contributed by atoms with Gasteiger partial charge in [-0.15, -0.1) is 0 Å². The summed E-state index contributed by atoms with van der Waals surface area (Å²) in [6.07, 6.45) is -4.43. The van der Waals surface area contributed by atoms with Crippen LogP contribution in [-0.4, -0.2) is 57.7 Å². The summed E-state index contributed by atoms with van der Waals surface area (Å²) in [6.45, 7) is -0.705. The summed E-state index contributed by atoms with van der Waals surface area (Å²) in [5.74, 6) is 0. The van der Waals surface area contributed by atoms with Gasteiger partial charge in [-0.3, -0.25) is 0 Å². The second kappa shape index (κ2) is 5.18. The standard InChI is InChI=1S/C6H13NO5/c7-3(1-8)5(11)6(12)4(10)2-9/h1,3-6,9-12H,2,7H2/t3-,4-,5-,6+/m1/s1. The van der Waals surface area contributed by atoms with Gasteiger partial charge in [0.15, 0.2) is 0 Å². The van der Waals surface area contributed by atoms with Crippen molar-refractivity contribution in [1.82, 2.24) is 0 Å². The summed E-state index contributed by atoms with van der Waals surface area (Å²) in [5.41, 5.74) is 5.04. The number of aldehydes is 1. The molecule has 0 aromatic heterocycles. The molecule has 0 bridgehead atoms. The van der Waals surface area contributed by atoms with Gasteiger partial charge in [0.25, 0.3) is 0 Å². The highest BCUT2D eigenvalue weighted by Crippen LogP contribution is 2.01. The molecule has 12 heavy (non-hydrogen) atoms. The SMILES string of the molecule is N[C@H](C=O)[C@@H](O)[C@@H](O)[C@H](O)CO. The lowest BCUT2D eigenvalue weighted by molar-refractivity contribution is -0.118. The second-order valence-electron chi connectivity index (χ2n) is 2.44. The lowest BCUT2D eigenvalue weighted by atomic mass is 10.0. The molecular weight excluding hydrogens is 166 g/mol. The van der Waals surface area contributed by atoms with Crippen molar-refractivity contribution in [2.24, 2.45) is 5.73 Å². The van der Waals surface area contributed by atoms with E-state index in [1.165, 1.54) is 0 Å². The van der Waals surface area contributed by atoms with Gasteiger partial charge in [0.05, 0.1) is 12.6 Å². The zero-order chi connectivity index (χ0) is 9.72. The van der Waals surface area contributed by atoms with Crippen molar-refractivity contribution >= 4 is 6.29 Å². The van der Waals surface area contributed by atoms with Gasteiger partial charge in [-0.05, 0) is 0 Å². The summed E-state index contributed by atoms with van der Waals surface area (Å²) in [5, 5.41) is 35.2. The lowest BCUT2D eigenvalue weighted by Crippen LogP contribution is -2.49. The van der Waals surface area contributed by atoms with E-state index in [2.05, 4.69) is 0 Å². The molecule has 0 unspecified atom stereocenters. The van der Waals surface area contributed by atoms with Gasteiger partial charge in [0.2, 0.25) is 0 Å². The van der Waals surface area contributed by atoms with Crippen LogP contribution in [0, 0.1) is 0 Å². The van der Waals surface area contributed by atoms with Crippen LogP contribution in [0.4, 0.5) is 0 Å². The largest absolute Gasteiger partial charge is 0.394 e. The van der Waals surface area contributed by atoms with Gasteiger partial charge in [0, 0.05) is 0 Å². The van der Waals surface area contributed by atoms with Crippen LogP contribution < -0.4 is 5.73 Å². The Kier molecular flexibility index (Phi) is 4.95. The van der Waals surface area contributed by atoms with Gasteiger partial charge >= 0.3 is 0 Å². The van der Waals surface area contributed by atoms with Crippen molar-refractivity contribution in [3.8, 4) is 0 Å². The molecule has 0 spiro atoms. The maximum atomic E-state index is 10.0. The molecule has 0 aliphatic heterocycles. The maximum absolute atomic E-state index is 10.0. The van der Waals surface area contributed by atoms with E-state index in [0.717, 1.165) is 0 Å². The normalized spacial score (nSPS) is 21.1. The Bertz CT molecular complexity index is 142. The fraction of sp³-hybridized carbons (Fsp3) is 0.833. The average molecular weight is 179 g/mol. The number of hydrogen-bond acceptors (Lipinski definition) is 6. The summed E-state index contributed by atoms with van der Waals surface area (Å²) in [6, 6.07) is -1.26. The Hall–Kier alpha value is -0.530. The molecule has 0 aliphatic rings. The van der Waals surface area contributed by atoms with E-state index >= 15 is 0 Å². The van der Waals surface area contributed by atoms with Gasteiger partial charge in [-0.1, -0.05) is 0 Å². The van der Waals surface area contributed by atoms with Crippen molar-refractivity contribution < 1.29 is 25.2 Å². The fourth-order valence-electron chi connectivity index (χ4n) is 0.644. The minimum atomic E-state index is -1.62. The fourth-order valence-corrected chi connectivity index (χ4v) is 0.644. The van der Waals surface area contributed by atoms with Gasteiger partial charge in [-0.2, -0.15) is 0 Å². The molecule has 0 fully saturated rings. The van der Waals surface area contributed by atoms with Crippen LogP contribution in [-0.2, 0) is 4.79 Å². The Labute approximate surface area is 69.2 Å². The molecule has 0 rings (SSSR count). The Balaban J connectivity index is 4.07. The topological polar surface area (TPSA) is 124 Å². The van der Waals surface area contributed by atoms with Crippen molar-refractivity contribution in [2.45, 2.75) is 24.4 Å². The molecule has 0 aliphatic carbocycles. The lowest BCUT2D eigenvalue weighted by Gasteiger charge is -2.23. The van der Waals surface area contributed by atoms with E-state index in [1.54, 1.807) is 0 Å². The quantitative estimate of drug-likeness (QED) is 0.280. The molecular formula is C6H13NO5. The Morgan fingerprint density at radius 2 is 1.75 bits per heavy atom. The molecule has 0 saturated heterocycles. The van der Waals surface area contributed by atoms with E-state index in [9.17, 15) is 4.79 Å². The minimum absolute atomic E-state index is 0.248. The van der Waals surface area contributed by atoms with Crippen LogP contribution in [0.15, 0.2) is 0 Å². The molecule has 0 aromatic carbocycles. The van der Waals surface area contributed by atoms with Crippen molar-refractivity contribution in [2.75, 3.05) is 6.61 Å². The van der Waals surface area contributed by atoms with E-state index in [4.69, 9.17) is 26.2 Å². The first-order valence-corrected chi connectivity index (χ1v) is 3.40. The molecule has 0 aromatic rings. The molecule has 6 N–H and O–H groups in total. The maximum Gasteiger partial charge on any atom is 0.139 e. The first-order chi connectivity index (χ1) is 5.54. The minimum Gasteiger partial charge on any atom is -0.394 e. The van der Waals surface area contributed by atoms with Crippen molar-refractivity contribution in [3.05, 3.63) is 0 Å². The highest BCUT2D eigenvalue weighted by atomic mass is 16.4.